The van der Waals surface area contributed by atoms with E-state index in [4.69, 9.17) is 5.73 Å². The van der Waals surface area contributed by atoms with E-state index in [1.54, 1.807) is 19.2 Å². The van der Waals surface area contributed by atoms with Crippen molar-refractivity contribution in [3.05, 3.63) is 43.5 Å². The molecule has 1 aromatic carbocycles. The molecule has 8 heteroatoms. The van der Waals surface area contributed by atoms with Gasteiger partial charge in [0.2, 0.25) is 10.0 Å². The maximum atomic E-state index is 12.5. The average molecular weight is 440 g/mol. The van der Waals surface area contributed by atoms with Crippen LogP contribution in [0.3, 0.4) is 0 Å². The third-order valence-corrected chi connectivity index (χ3v) is 6.71. The largest absolute Gasteiger partial charge is 0.398 e. The highest BCUT2D eigenvalue weighted by Gasteiger charge is 2.23. The minimum absolute atomic E-state index is 0.124. The monoisotopic (exact) mass is 438 g/mol. The number of benzene rings is 1. The molecule has 0 bridgehead atoms. The van der Waals surface area contributed by atoms with Crippen LogP contribution in [0.4, 0.5) is 5.69 Å². The maximum absolute atomic E-state index is 12.5. The number of nitrogen functional groups attached to an aromatic ring is 1. The van der Waals surface area contributed by atoms with Crippen molar-refractivity contribution in [1.82, 2.24) is 4.31 Å². The van der Waals surface area contributed by atoms with Crippen LogP contribution in [0.1, 0.15) is 4.88 Å². The molecule has 0 saturated heterocycles. The van der Waals surface area contributed by atoms with Gasteiger partial charge in [-0.3, -0.25) is 0 Å². The summed E-state index contributed by atoms with van der Waals surface area (Å²) in [5.41, 5.74) is 6.04. The molecule has 0 aliphatic carbocycles. The quantitative estimate of drug-likeness (QED) is 0.739. The van der Waals surface area contributed by atoms with Crippen LogP contribution >= 0.6 is 43.2 Å². The summed E-state index contributed by atoms with van der Waals surface area (Å²) in [7, 11) is -2.05. The van der Waals surface area contributed by atoms with E-state index in [1.165, 1.54) is 21.7 Å². The Labute approximate surface area is 138 Å². The predicted molar refractivity (Wildman–Crippen MR) is 89.2 cm³/mol. The molecule has 108 valence electrons. The molecular formula is C12H12Br2N2O2S2. The zero-order valence-electron chi connectivity index (χ0n) is 10.5. The lowest BCUT2D eigenvalue weighted by Crippen LogP contribution is -2.26. The number of hydrogen-bond acceptors (Lipinski definition) is 4. The smallest absolute Gasteiger partial charge is 0.245 e. The first-order valence-electron chi connectivity index (χ1n) is 5.55. The zero-order chi connectivity index (χ0) is 14.9. The molecule has 0 saturated carbocycles. The Morgan fingerprint density at radius 1 is 1.25 bits per heavy atom. The predicted octanol–water partition coefficient (Wildman–Crippen LogP) is 3.68. The Kier molecular flexibility index (Phi) is 4.91. The van der Waals surface area contributed by atoms with Gasteiger partial charge in [-0.05, 0) is 40.2 Å². The lowest BCUT2D eigenvalue weighted by Gasteiger charge is -2.17. The SMILES string of the molecule is CN(Cc1cc(Br)cs1)S(=O)(=O)c1ccc(Br)cc1N. The Morgan fingerprint density at radius 2 is 1.95 bits per heavy atom. The second-order valence-corrected chi connectivity index (χ2v) is 9.01. The van der Waals surface area contributed by atoms with Crippen molar-refractivity contribution in [1.29, 1.82) is 0 Å². The number of halogens is 2. The number of sulfonamides is 1. The lowest BCUT2D eigenvalue weighted by atomic mass is 10.3. The molecule has 0 fully saturated rings. The van der Waals surface area contributed by atoms with Crippen molar-refractivity contribution in [2.45, 2.75) is 11.4 Å². The molecule has 4 nitrogen and oxygen atoms in total. The third kappa shape index (κ3) is 3.43. The summed E-state index contributed by atoms with van der Waals surface area (Å²) in [4.78, 5) is 1.08. The second kappa shape index (κ2) is 6.15. The van der Waals surface area contributed by atoms with Gasteiger partial charge in [0.15, 0.2) is 0 Å². The Balaban J connectivity index is 2.29. The molecule has 1 heterocycles. The van der Waals surface area contributed by atoms with Gasteiger partial charge in [0, 0.05) is 32.8 Å². The van der Waals surface area contributed by atoms with Gasteiger partial charge in [0.1, 0.15) is 4.90 Å². The molecule has 2 N–H and O–H groups in total. The van der Waals surface area contributed by atoms with E-state index in [-0.39, 0.29) is 10.6 Å². The zero-order valence-corrected chi connectivity index (χ0v) is 15.3. The molecule has 0 aliphatic heterocycles. The summed E-state index contributed by atoms with van der Waals surface area (Å²) in [6.07, 6.45) is 0. The summed E-state index contributed by atoms with van der Waals surface area (Å²) in [5.74, 6) is 0. The Morgan fingerprint density at radius 3 is 2.50 bits per heavy atom. The average Bonchev–Trinajstić information content (AvgIpc) is 2.74. The van der Waals surface area contributed by atoms with Gasteiger partial charge in [-0.15, -0.1) is 11.3 Å². The summed E-state index contributed by atoms with van der Waals surface area (Å²) in [5, 5.41) is 1.92. The van der Waals surface area contributed by atoms with Gasteiger partial charge in [-0.1, -0.05) is 15.9 Å². The number of nitrogens with two attached hydrogens (primary N) is 1. The molecule has 0 radical (unpaired) electrons. The molecule has 0 amide bonds. The summed E-state index contributed by atoms with van der Waals surface area (Å²) in [6, 6.07) is 6.67. The van der Waals surface area contributed by atoms with Crippen molar-refractivity contribution >= 4 is 58.9 Å². The normalized spacial score (nSPS) is 12.0. The highest BCUT2D eigenvalue weighted by atomic mass is 79.9. The molecule has 2 aromatic rings. The first-order valence-corrected chi connectivity index (χ1v) is 9.45. The van der Waals surface area contributed by atoms with Crippen molar-refractivity contribution in [3.8, 4) is 0 Å². The molecule has 1 aromatic heterocycles. The van der Waals surface area contributed by atoms with Crippen LogP contribution in [0, 0.1) is 0 Å². The van der Waals surface area contributed by atoms with Gasteiger partial charge < -0.3 is 5.73 Å². The van der Waals surface area contributed by atoms with E-state index in [2.05, 4.69) is 31.9 Å². The van der Waals surface area contributed by atoms with Gasteiger partial charge in [0.05, 0.1) is 5.69 Å². The first kappa shape index (κ1) is 16.0. The van der Waals surface area contributed by atoms with Gasteiger partial charge in [-0.2, -0.15) is 4.31 Å². The van der Waals surface area contributed by atoms with Gasteiger partial charge >= 0.3 is 0 Å². The Hall–Kier alpha value is -0.410. The maximum Gasteiger partial charge on any atom is 0.245 e. The van der Waals surface area contributed by atoms with Crippen LogP contribution in [-0.4, -0.2) is 19.8 Å². The van der Waals surface area contributed by atoms with E-state index >= 15 is 0 Å². The van der Waals surface area contributed by atoms with E-state index in [0.29, 0.717) is 6.54 Å². The highest BCUT2D eigenvalue weighted by molar-refractivity contribution is 9.10. The molecule has 0 spiro atoms. The molecule has 2 rings (SSSR count). The van der Waals surface area contributed by atoms with Crippen molar-refractivity contribution in [3.63, 3.8) is 0 Å². The van der Waals surface area contributed by atoms with Crippen LogP contribution in [0.25, 0.3) is 0 Å². The standard InChI is InChI=1S/C12H12Br2N2O2S2/c1-16(6-10-4-9(14)7-19-10)20(17,18)12-3-2-8(13)5-11(12)15/h2-5,7H,6,15H2,1H3. The number of nitrogens with zero attached hydrogens (tertiary/aromatic N) is 1. The molecule has 0 unspecified atom stereocenters. The molecule has 0 aliphatic rings. The molecular weight excluding hydrogens is 428 g/mol. The second-order valence-electron chi connectivity index (χ2n) is 4.17. The van der Waals surface area contributed by atoms with Crippen molar-refractivity contribution in [2.75, 3.05) is 12.8 Å². The van der Waals surface area contributed by atoms with E-state index < -0.39 is 10.0 Å². The van der Waals surface area contributed by atoms with Gasteiger partial charge in [-0.25, -0.2) is 8.42 Å². The summed E-state index contributed by atoms with van der Waals surface area (Å²) >= 11 is 8.12. The number of rotatable bonds is 4. The van der Waals surface area contributed by atoms with E-state index in [1.807, 2.05) is 11.4 Å². The third-order valence-electron chi connectivity index (χ3n) is 2.66. The van der Waals surface area contributed by atoms with Crippen molar-refractivity contribution in [2.24, 2.45) is 0 Å². The van der Waals surface area contributed by atoms with Crippen LogP contribution in [0.15, 0.2) is 43.5 Å². The first-order chi connectivity index (χ1) is 9.30. The van der Waals surface area contributed by atoms with E-state index in [0.717, 1.165) is 13.8 Å². The number of hydrogen-bond donors (Lipinski definition) is 1. The minimum atomic E-state index is -3.60. The number of anilines is 1. The van der Waals surface area contributed by atoms with E-state index in [9.17, 15) is 8.42 Å². The highest BCUT2D eigenvalue weighted by Crippen LogP contribution is 2.27. The fourth-order valence-corrected chi connectivity index (χ4v) is 4.87. The van der Waals surface area contributed by atoms with Gasteiger partial charge in [0.25, 0.3) is 0 Å². The number of thiophene rings is 1. The topological polar surface area (TPSA) is 63.4 Å². The Bertz CT molecular complexity index is 729. The molecule has 0 atom stereocenters. The van der Waals surface area contributed by atoms with Crippen LogP contribution in [-0.2, 0) is 16.6 Å². The van der Waals surface area contributed by atoms with Crippen LogP contribution < -0.4 is 5.73 Å². The fourth-order valence-electron chi connectivity index (χ4n) is 1.66. The fraction of sp³-hybridized carbons (Fsp3) is 0.167. The summed E-state index contributed by atoms with van der Waals surface area (Å²) in [6.45, 7) is 0.314. The minimum Gasteiger partial charge on any atom is -0.398 e. The van der Waals surface area contributed by atoms with Crippen LogP contribution in [0.5, 0.6) is 0 Å². The molecule has 20 heavy (non-hydrogen) atoms. The summed E-state index contributed by atoms with van der Waals surface area (Å²) < 4.78 is 28.0. The van der Waals surface area contributed by atoms with Crippen LogP contribution in [0.2, 0.25) is 0 Å². The lowest BCUT2D eigenvalue weighted by molar-refractivity contribution is 0.470. The van der Waals surface area contributed by atoms with Crippen molar-refractivity contribution < 1.29 is 8.42 Å².